The van der Waals surface area contributed by atoms with E-state index in [4.69, 9.17) is 4.74 Å². The fraction of sp³-hybridized carbons (Fsp3) is 0.579. The number of hydrogen-bond acceptors (Lipinski definition) is 5. The number of ether oxygens (including phenoxy) is 1. The summed E-state index contributed by atoms with van der Waals surface area (Å²) in [6.07, 6.45) is 3.07. The Morgan fingerprint density at radius 2 is 2.15 bits per heavy atom. The number of aromatic nitrogens is 4. The third kappa shape index (κ3) is 3.66. The molecule has 8 heteroatoms. The van der Waals surface area contributed by atoms with E-state index in [2.05, 4.69) is 14.8 Å². The number of hydrogen-bond donors (Lipinski definition) is 0. The highest BCUT2D eigenvalue weighted by atomic mass is 16.5. The van der Waals surface area contributed by atoms with Crippen molar-refractivity contribution in [3.8, 4) is 0 Å². The van der Waals surface area contributed by atoms with Crippen LogP contribution < -0.4 is 5.56 Å². The lowest BCUT2D eigenvalue weighted by atomic mass is 10.2. The minimum Gasteiger partial charge on any atom is -0.370 e. The number of pyridine rings is 1. The second kappa shape index (κ2) is 7.64. The first-order chi connectivity index (χ1) is 13.1. The standard InChI is InChI=1S/C19H25N5O3/c1-14-4-2-6-18(26)23(14)10-8-17(25)22-9-7-16-20-21-19(24(16)12-11-22)15-5-3-13-27-15/h2,4,6,15H,3,5,7-13H2,1H3. The van der Waals surface area contributed by atoms with Crippen LogP contribution in [-0.4, -0.2) is 49.8 Å². The SMILES string of the molecule is Cc1cccc(=O)n1CCC(=O)N1CCc2nnc(C3CCCO3)n2CC1. The lowest BCUT2D eigenvalue weighted by Gasteiger charge is -2.21. The number of carbonyl (C=O) groups excluding carboxylic acids is 1. The smallest absolute Gasteiger partial charge is 0.250 e. The van der Waals surface area contributed by atoms with Gasteiger partial charge in [-0.3, -0.25) is 9.59 Å². The molecule has 1 atom stereocenters. The van der Waals surface area contributed by atoms with Crippen molar-refractivity contribution >= 4 is 5.91 Å². The molecule has 2 aromatic heterocycles. The van der Waals surface area contributed by atoms with E-state index in [1.807, 2.05) is 17.9 Å². The maximum atomic E-state index is 12.7. The fourth-order valence-corrected chi connectivity index (χ4v) is 3.89. The van der Waals surface area contributed by atoms with Crippen LogP contribution in [0.4, 0.5) is 0 Å². The van der Waals surface area contributed by atoms with Crippen molar-refractivity contribution in [1.29, 1.82) is 0 Å². The Kier molecular flexibility index (Phi) is 5.07. The van der Waals surface area contributed by atoms with E-state index in [9.17, 15) is 9.59 Å². The van der Waals surface area contributed by atoms with Crippen LogP contribution in [0.3, 0.4) is 0 Å². The number of rotatable bonds is 4. The number of nitrogens with zero attached hydrogens (tertiary/aromatic N) is 5. The van der Waals surface area contributed by atoms with Crippen molar-refractivity contribution in [2.24, 2.45) is 0 Å². The zero-order valence-corrected chi connectivity index (χ0v) is 15.6. The van der Waals surface area contributed by atoms with E-state index in [1.54, 1.807) is 10.6 Å². The van der Waals surface area contributed by atoms with Crippen LogP contribution in [0.25, 0.3) is 0 Å². The molecule has 0 saturated carbocycles. The van der Waals surface area contributed by atoms with E-state index in [1.165, 1.54) is 6.07 Å². The largest absolute Gasteiger partial charge is 0.370 e. The summed E-state index contributed by atoms with van der Waals surface area (Å²) in [5.74, 6) is 1.89. The molecule has 1 saturated heterocycles. The summed E-state index contributed by atoms with van der Waals surface area (Å²) in [6, 6.07) is 5.16. The molecule has 2 aliphatic heterocycles. The van der Waals surface area contributed by atoms with Gasteiger partial charge < -0.3 is 18.8 Å². The zero-order valence-electron chi connectivity index (χ0n) is 15.6. The third-order valence-electron chi connectivity index (χ3n) is 5.44. The lowest BCUT2D eigenvalue weighted by Crippen LogP contribution is -2.35. The Morgan fingerprint density at radius 1 is 1.26 bits per heavy atom. The maximum absolute atomic E-state index is 12.7. The Bertz CT molecular complexity index is 882. The second-order valence-corrected chi connectivity index (χ2v) is 7.17. The maximum Gasteiger partial charge on any atom is 0.250 e. The number of aryl methyl sites for hydroxylation is 1. The average molecular weight is 371 g/mol. The van der Waals surface area contributed by atoms with Crippen LogP contribution in [0.5, 0.6) is 0 Å². The lowest BCUT2D eigenvalue weighted by molar-refractivity contribution is -0.131. The van der Waals surface area contributed by atoms with Gasteiger partial charge in [0.25, 0.3) is 5.56 Å². The molecular formula is C19H25N5O3. The molecule has 0 radical (unpaired) electrons. The molecule has 4 heterocycles. The van der Waals surface area contributed by atoms with Gasteiger partial charge in [-0.25, -0.2) is 0 Å². The monoisotopic (exact) mass is 371 g/mol. The van der Waals surface area contributed by atoms with E-state index in [-0.39, 0.29) is 17.6 Å². The molecule has 2 aliphatic rings. The van der Waals surface area contributed by atoms with E-state index < -0.39 is 0 Å². The minimum absolute atomic E-state index is 0.0291. The fourth-order valence-electron chi connectivity index (χ4n) is 3.89. The van der Waals surface area contributed by atoms with Crippen LogP contribution in [0.15, 0.2) is 23.0 Å². The van der Waals surface area contributed by atoms with Crippen molar-refractivity contribution < 1.29 is 9.53 Å². The summed E-state index contributed by atoms with van der Waals surface area (Å²) in [5, 5.41) is 8.65. The molecule has 2 aromatic rings. The zero-order chi connectivity index (χ0) is 18.8. The molecule has 4 rings (SSSR count). The van der Waals surface area contributed by atoms with Crippen LogP contribution >= 0.6 is 0 Å². The summed E-state index contributed by atoms with van der Waals surface area (Å²) in [4.78, 5) is 26.5. The highest BCUT2D eigenvalue weighted by molar-refractivity contribution is 5.76. The van der Waals surface area contributed by atoms with Gasteiger partial charge in [-0.15, -0.1) is 10.2 Å². The molecule has 144 valence electrons. The number of fused-ring (bicyclic) bond motifs is 1. The van der Waals surface area contributed by atoms with Crippen LogP contribution in [0, 0.1) is 6.92 Å². The van der Waals surface area contributed by atoms with Crippen LogP contribution in [0.2, 0.25) is 0 Å². The molecule has 0 N–H and O–H groups in total. The first-order valence-corrected chi connectivity index (χ1v) is 9.61. The molecule has 27 heavy (non-hydrogen) atoms. The summed E-state index contributed by atoms with van der Waals surface area (Å²) in [5.41, 5.74) is 0.810. The van der Waals surface area contributed by atoms with Gasteiger partial charge in [0.05, 0.1) is 0 Å². The normalized spacial score (nSPS) is 19.7. The molecule has 8 nitrogen and oxygen atoms in total. The van der Waals surface area contributed by atoms with Crippen molar-refractivity contribution in [2.45, 2.75) is 51.8 Å². The van der Waals surface area contributed by atoms with Gasteiger partial charge >= 0.3 is 0 Å². The van der Waals surface area contributed by atoms with Gasteiger partial charge in [0.1, 0.15) is 11.9 Å². The summed E-state index contributed by atoms with van der Waals surface area (Å²) >= 11 is 0. The number of amides is 1. The van der Waals surface area contributed by atoms with Crippen molar-refractivity contribution in [1.82, 2.24) is 24.2 Å². The molecule has 1 amide bonds. The molecule has 0 bridgehead atoms. The van der Waals surface area contributed by atoms with E-state index in [0.29, 0.717) is 39.0 Å². The Labute approximate surface area is 157 Å². The molecule has 1 fully saturated rings. The highest BCUT2D eigenvalue weighted by Crippen LogP contribution is 2.28. The van der Waals surface area contributed by atoms with Crippen LogP contribution in [-0.2, 0) is 29.0 Å². The molecular weight excluding hydrogens is 346 g/mol. The van der Waals surface area contributed by atoms with Gasteiger partial charge in [0.2, 0.25) is 5.91 Å². The number of carbonyl (C=O) groups is 1. The first kappa shape index (κ1) is 17.9. The predicted molar refractivity (Wildman–Crippen MR) is 98.3 cm³/mol. The van der Waals surface area contributed by atoms with Crippen LogP contribution in [0.1, 0.15) is 42.7 Å². The minimum atomic E-state index is -0.0638. The highest BCUT2D eigenvalue weighted by Gasteiger charge is 2.27. The van der Waals surface area contributed by atoms with Crippen molar-refractivity contribution in [2.75, 3.05) is 19.7 Å². The van der Waals surface area contributed by atoms with E-state index in [0.717, 1.165) is 36.8 Å². The van der Waals surface area contributed by atoms with Gasteiger partial charge in [-0.05, 0) is 25.8 Å². The molecule has 0 aromatic carbocycles. The average Bonchev–Trinajstić information content (AvgIpc) is 3.26. The van der Waals surface area contributed by atoms with Gasteiger partial charge in [0.15, 0.2) is 5.82 Å². The first-order valence-electron chi connectivity index (χ1n) is 9.61. The summed E-state index contributed by atoms with van der Waals surface area (Å²) in [7, 11) is 0. The summed E-state index contributed by atoms with van der Waals surface area (Å²) in [6.45, 7) is 5.02. The Balaban J connectivity index is 1.39. The predicted octanol–water partition coefficient (Wildman–Crippen LogP) is 1.07. The topological polar surface area (TPSA) is 82.2 Å². The molecule has 1 unspecified atom stereocenters. The Morgan fingerprint density at radius 3 is 2.93 bits per heavy atom. The second-order valence-electron chi connectivity index (χ2n) is 7.17. The van der Waals surface area contributed by atoms with Crippen molar-refractivity contribution in [3.63, 3.8) is 0 Å². The van der Waals surface area contributed by atoms with Gasteiger partial charge in [-0.2, -0.15) is 0 Å². The third-order valence-corrected chi connectivity index (χ3v) is 5.44. The van der Waals surface area contributed by atoms with Gasteiger partial charge in [-0.1, -0.05) is 6.07 Å². The van der Waals surface area contributed by atoms with Gasteiger partial charge in [0, 0.05) is 57.4 Å². The van der Waals surface area contributed by atoms with E-state index >= 15 is 0 Å². The van der Waals surface area contributed by atoms with Crippen molar-refractivity contribution in [3.05, 3.63) is 45.9 Å². The summed E-state index contributed by atoms with van der Waals surface area (Å²) < 4.78 is 9.53. The quantitative estimate of drug-likeness (QED) is 0.803. The Hall–Kier alpha value is -2.48. The molecule has 0 aliphatic carbocycles. The molecule has 0 spiro atoms.